The van der Waals surface area contributed by atoms with E-state index < -0.39 is 0 Å². The van der Waals surface area contributed by atoms with Crippen LogP contribution in [-0.2, 0) is 10.8 Å². The van der Waals surface area contributed by atoms with Crippen LogP contribution in [0.4, 0.5) is 0 Å². The molecule has 2 aliphatic carbocycles. The van der Waals surface area contributed by atoms with Crippen molar-refractivity contribution in [3.63, 3.8) is 0 Å². The van der Waals surface area contributed by atoms with Gasteiger partial charge < -0.3 is 0 Å². The fourth-order valence-electron chi connectivity index (χ4n) is 10.3. The summed E-state index contributed by atoms with van der Waals surface area (Å²) in [5, 5.41) is 13.2. The van der Waals surface area contributed by atoms with Gasteiger partial charge in [0.25, 0.3) is 0 Å². The van der Waals surface area contributed by atoms with Crippen LogP contribution in [0.5, 0.6) is 0 Å². The lowest BCUT2D eigenvalue weighted by Crippen LogP contribution is -2.16. The van der Waals surface area contributed by atoms with Crippen LogP contribution in [0.2, 0.25) is 0 Å². The maximum absolute atomic E-state index is 2.49. The molecule has 12 rings (SSSR count). The van der Waals surface area contributed by atoms with Crippen molar-refractivity contribution in [2.24, 2.45) is 0 Å². The number of fused-ring (bicyclic) bond motifs is 11. The topological polar surface area (TPSA) is 0 Å². The number of rotatable bonds is 2. The van der Waals surface area contributed by atoms with E-state index in [9.17, 15) is 0 Å². The molecule has 0 amide bonds. The molecule has 58 heavy (non-hydrogen) atoms. The zero-order chi connectivity index (χ0) is 39.2. The predicted octanol–water partition coefficient (Wildman–Crippen LogP) is 16.7. The van der Waals surface area contributed by atoms with Crippen LogP contribution in [-0.4, -0.2) is 0 Å². The molecule has 0 radical (unpaired) electrons. The Balaban J connectivity index is 1.04. The molecule has 0 N–H and O–H groups in total. The van der Waals surface area contributed by atoms with E-state index >= 15 is 0 Å². The molecule has 10 aromatic carbocycles. The maximum Gasteiger partial charge on any atom is -0.00199 e. The van der Waals surface area contributed by atoms with Crippen LogP contribution in [0, 0.1) is 0 Å². The van der Waals surface area contributed by atoms with Gasteiger partial charge >= 0.3 is 0 Å². The Hall–Kier alpha value is -6.50. The maximum atomic E-state index is 2.49. The molecule has 0 heteroatoms. The Bertz CT molecular complexity index is 3410. The highest BCUT2D eigenvalue weighted by Crippen LogP contribution is 2.53. The molecule has 0 saturated carbocycles. The predicted molar refractivity (Wildman–Crippen MR) is 251 cm³/mol. The van der Waals surface area contributed by atoms with Gasteiger partial charge in [-0.05, 0) is 179 Å². The van der Waals surface area contributed by atoms with Gasteiger partial charge in [-0.1, -0.05) is 163 Å². The van der Waals surface area contributed by atoms with E-state index in [2.05, 4.69) is 199 Å². The Morgan fingerprint density at radius 2 is 0.828 bits per heavy atom. The molecule has 10 aromatic rings. The second kappa shape index (κ2) is 11.6. The molecule has 0 saturated heterocycles. The van der Waals surface area contributed by atoms with Gasteiger partial charge in [-0.25, -0.2) is 0 Å². The molecule has 0 heterocycles. The highest BCUT2D eigenvalue weighted by Gasteiger charge is 2.27. The summed E-state index contributed by atoms with van der Waals surface area (Å²) in [7, 11) is 0. The van der Waals surface area contributed by atoms with Gasteiger partial charge in [0.2, 0.25) is 0 Å². The van der Waals surface area contributed by atoms with E-state index in [4.69, 9.17) is 0 Å². The minimum absolute atomic E-state index is 0.0661. The van der Waals surface area contributed by atoms with Gasteiger partial charge in [-0.3, -0.25) is 0 Å². The first-order chi connectivity index (χ1) is 28.0. The minimum atomic E-state index is 0.0661. The minimum Gasteiger partial charge on any atom is -0.0616 e. The standard InChI is InChI=1S/C58H44/c1-57(2,3)39-25-38(26-40(30-39)58(4,5)6)34-20-21-35-27-51-50(29-37(35)24-34)46-18-11-19-47-53-31-48(41-14-7-8-15-42(41)52(53)32-54(51)56(46)47)36-22-23-43-44-16-9-12-33-13-10-17-45(55(33)44)49(43)28-36/h7-32H,1-6H3. The summed E-state index contributed by atoms with van der Waals surface area (Å²) in [6, 6.07) is 60.7. The third kappa shape index (κ3) is 4.75. The molecule has 2 aliphatic rings. The Morgan fingerprint density at radius 3 is 1.57 bits per heavy atom. The van der Waals surface area contributed by atoms with Gasteiger partial charge in [-0.2, -0.15) is 0 Å². The quantitative estimate of drug-likeness (QED) is 0.155. The molecular weight excluding hydrogens is 697 g/mol. The summed E-state index contributed by atoms with van der Waals surface area (Å²) < 4.78 is 0. The molecule has 276 valence electrons. The summed E-state index contributed by atoms with van der Waals surface area (Å²) in [6.45, 7) is 13.9. The number of hydrogen-bond acceptors (Lipinski definition) is 0. The third-order valence-electron chi connectivity index (χ3n) is 13.4. The number of benzene rings is 10. The van der Waals surface area contributed by atoms with Crippen molar-refractivity contribution in [1.29, 1.82) is 0 Å². The monoisotopic (exact) mass is 740 g/mol. The normalized spacial score (nSPS) is 13.0. The van der Waals surface area contributed by atoms with Crippen molar-refractivity contribution < 1.29 is 0 Å². The van der Waals surface area contributed by atoms with Crippen LogP contribution in [0.3, 0.4) is 0 Å². The van der Waals surface area contributed by atoms with Crippen molar-refractivity contribution in [2.45, 2.75) is 52.4 Å². The molecule has 0 aliphatic heterocycles. The summed E-state index contributed by atoms with van der Waals surface area (Å²) in [5.41, 5.74) is 18.7. The first-order valence-electron chi connectivity index (χ1n) is 20.8. The van der Waals surface area contributed by atoms with Crippen LogP contribution in [0.25, 0.3) is 121 Å². The molecule has 0 bridgehead atoms. The van der Waals surface area contributed by atoms with Crippen LogP contribution < -0.4 is 0 Å². The smallest absolute Gasteiger partial charge is 0.00199 e. The zero-order valence-corrected chi connectivity index (χ0v) is 34.0. The molecular formula is C58H44. The first-order valence-corrected chi connectivity index (χ1v) is 20.8. The van der Waals surface area contributed by atoms with Gasteiger partial charge in [0, 0.05) is 0 Å². The summed E-state index contributed by atoms with van der Waals surface area (Å²) in [5.74, 6) is 0. The van der Waals surface area contributed by atoms with Crippen molar-refractivity contribution in [3.05, 3.63) is 169 Å². The summed E-state index contributed by atoms with van der Waals surface area (Å²) in [4.78, 5) is 0. The molecule has 0 fully saturated rings. The van der Waals surface area contributed by atoms with Crippen LogP contribution >= 0.6 is 0 Å². The largest absolute Gasteiger partial charge is 0.0616 e. The van der Waals surface area contributed by atoms with E-state index in [1.54, 1.807) is 0 Å². The fraction of sp³-hybridized carbons (Fsp3) is 0.138. The third-order valence-corrected chi connectivity index (χ3v) is 13.4. The summed E-state index contributed by atoms with van der Waals surface area (Å²) in [6.07, 6.45) is 0. The van der Waals surface area contributed by atoms with E-state index in [1.807, 2.05) is 0 Å². The van der Waals surface area contributed by atoms with Crippen LogP contribution in [0.15, 0.2) is 158 Å². The Labute approximate surface area is 340 Å². The lowest BCUT2D eigenvalue weighted by Gasteiger charge is -2.26. The first kappa shape index (κ1) is 33.6. The molecule has 0 nitrogen and oxygen atoms in total. The van der Waals surface area contributed by atoms with E-state index in [-0.39, 0.29) is 10.8 Å². The van der Waals surface area contributed by atoms with E-state index in [0.717, 1.165) is 0 Å². The van der Waals surface area contributed by atoms with E-state index in [0.29, 0.717) is 0 Å². The van der Waals surface area contributed by atoms with Crippen LogP contribution in [0.1, 0.15) is 52.7 Å². The lowest BCUT2D eigenvalue weighted by molar-refractivity contribution is 0.569. The Kier molecular flexibility index (Phi) is 6.70. The average Bonchev–Trinajstić information content (AvgIpc) is 3.72. The second-order valence-corrected chi connectivity index (χ2v) is 18.9. The summed E-state index contributed by atoms with van der Waals surface area (Å²) >= 11 is 0. The average molecular weight is 741 g/mol. The van der Waals surface area contributed by atoms with Gasteiger partial charge in [0.15, 0.2) is 0 Å². The fourth-order valence-corrected chi connectivity index (χ4v) is 10.3. The highest BCUT2D eigenvalue weighted by molar-refractivity contribution is 6.29. The number of hydrogen-bond donors (Lipinski definition) is 0. The second-order valence-electron chi connectivity index (χ2n) is 18.9. The SMILES string of the molecule is CC(C)(C)c1cc(-c2ccc3cc4c(cc3c2)-c2cccc3c2c-4cc2c4ccccc4c(-c4ccc5c(c4)-c4cccc6cccc-5c46)cc32)cc(C(C)(C)C)c1. The van der Waals surface area contributed by atoms with Gasteiger partial charge in [-0.15, -0.1) is 0 Å². The van der Waals surface area contributed by atoms with E-state index in [1.165, 1.54) is 132 Å². The highest BCUT2D eigenvalue weighted by atomic mass is 14.3. The molecule has 0 atom stereocenters. The molecule has 0 spiro atoms. The van der Waals surface area contributed by atoms with Crippen molar-refractivity contribution >= 4 is 53.9 Å². The zero-order valence-electron chi connectivity index (χ0n) is 34.0. The van der Waals surface area contributed by atoms with Gasteiger partial charge in [0.05, 0.1) is 0 Å². The Morgan fingerprint density at radius 1 is 0.259 bits per heavy atom. The lowest BCUT2D eigenvalue weighted by atomic mass is 9.79. The van der Waals surface area contributed by atoms with Crippen molar-refractivity contribution in [3.8, 4) is 66.8 Å². The molecule has 0 aromatic heterocycles. The van der Waals surface area contributed by atoms with Gasteiger partial charge in [0.1, 0.15) is 0 Å². The van der Waals surface area contributed by atoms with Crippen molar-refractivity contribution in [1.82, 2.24) is 0 Å². The van der Waals surface area contributed by atoms with Crippen molar-refractivity contribution in [2.75, 3.05) is 0 Å². The molecule has 0 unspecified atom stereocenters.